The molecule has 1 aromatic heterocycles. The molecular weight excluding hydrogens is 598 g/mol. The molecule has 3 aromatic carbocycles. The van der Waals surface area contributed by atoms with Crippen LogP contribution in [-0.4, -0.2) is 33.2 Å². The van der Waals surface area contributed by atoms with Crippen molar-refractivity contribution in [1.82, 2.24) is 15.5 Å². The molecule has 1 heterocycles. The smallest absolute Gasteiger partial charge is 0.272 e. The van der Waals surface area contributed by atoms with E-state index >= 15 is 0 Å². The molecule has 3 amide bonds. The summed E-state index contributed by atoms with van der Waals surface area (Å²) in [6, 6.07) is 23.2. The molecule has 198 valence electrons. The number of halogens is 1. The van der Waals surface area contributed by atoms with Crippen molar-refractivity contribution < 1.29 is 14.4 Å². The first-order valence-electron chi connectivity index (χ1n) is 11.8. The van der Waals surface area contributed by atoms with Gasteiger partial charge in [0.05, 0.1) is 5.25 Å². The largest absolute Gasteiger partial charge is 0.321 e. The Bertz CT molecular complexity index is 1510. The highest BCUT2D eigenvalue weighted by atomic mass is 79.9. The second-order valence-corrected chi connectivity index (χ2v) is 11.8. The van der Waals surface area contributed by atoms with E-state index in [-0.39, 0.29) is 16.9 Å². The number of hydrogen-bond acceptors (Lipinski definition) is 7. The number of carbonyl (C=O) groups excluding carboxylic acids is 3. The lowest BCUT2D eigenvalue weighted by Gasteiger charge is -2.13. The highest BCUT2D eigenvalue weighted by Crippen LogP contribution is 2.26. The Morgan fingerprint density at radius 2 is 1.69 bits per heavy atom. The SMILES string of the molecule is Cc1nnc(NC(=O)C(C)Sc2ccc(NC(=O)/C(=C/c3cccc(Br)c3)NC(=O)c3ccccc3)cc2)s1. The second kappa shape index (κ2) is 13.3. The minimum Gasteiger partial charge on any atom is -0.321 e. The highest BCUT2D eigenvalue weighted by molar-refractivity contribution is 9.10. The van der Waals surface area contributed by atoms with Crippen LogP contribution in [0.25, 0.3) is 6.08 Å². The van der Waals surface area contributed by atoms with E-state index in [1.54, 1.807) is 49.4 Å². The Kier molecular flexibility index (Phi) is 9.64. The number of hydrogen-bond donors (Lipinski definition) is 3. The van der Waals surface area contributed by atoms with Crippen LogP contribution < -0.4 is 16.0 Å². The van der Waals surface area contributed by atoms with Gasteiger partial charge in [0.25, 0.3) is 11.8 Å². The van der Waals surface area contributed by atoms with Crippen molar-refractivity contribution in [3.05, 3.63) is 105 Å². The Hall–Kier alpha value is -3.80. The maximum absolute atomic E-state index is 13.2. The normalized spacial score (nSPS) is 11.9. The average Bonchev–Trinajstić information content (AvgIpc) is 3.34. The van der Waals surface area contributed by atoms with Crippen LogP contribution in [0.1, 0.15) is 27.9 Å². The molecule has 4 rings (SSSR count). The zero-order valence-electron chi connectivity index (χ0n) is 21.0. The number of thioether (sulfide) groups is 1. The zero-order valence-corrected chi connectivity index (χ0v) is 24.2. The number of nitrogens with zero attached hydrogens (tertiary/aromatic N) is 2. The summed E-state index contributed by atoms with van der Waals surface area (Å²) in [7, 11) is 0. The predicted molar refractivity (Wildman–Crippen MR) is 160 cm³/mol. The van der Waals surface area contributed by atoms with Crippen LogP contribution in [0.5, 0.6) is 0 Å². The molecule has 0 radical (unpaired) electrons. The number of aromatic nitrogens is 2. The molecule has 0 aliphatic carbocycles. The van der Waals surface area contributed by atoms with Gasteiger partial charge in [-0.25, -0.2) is 0 Å². The Morgan fingerprint density at radius 1 is 0.949 bits per heavy atom. The lowest BCUT2D eigenvalue weighted by Crippen LogP contribution is -2.30. The summed E-state index contributed by atoms with van der Waals surface area (Å²) < 4.78 is 0.847. The first kappa shape index (κ1) is 28.2. The summed E-state index contributed by atoms with van der Waals surface area (Å²) in [6.45, 7) is 3.63. The van der Waals surface area contributed by atoms with Gasteiger partial charge in [-0.2, -0.15) is 0 Å². The van der Waals surface area contributed by atoms with Gasteiger partial charge < -0.3 is 10.6 Å². The average molecular weight is 623 g/mol. The third-order valence-corrected chi connectivity index (χ3v) is 7.60. The molecule has 0 spiro atoms. The third kappa shape index (κ3) is 8.34. The quantitative estimate of drug-likeness (QED) is 0.153. The lowest BCUT2D eigenvalue weighted by atomic mass is 10.1. The molecule has 8 nitrogen and oxygen atoms in total. The molecule has 1 atom stereocenters. The predicted octanol–water partition coefficient (Wildman–Crippen LogP) is 6.14. The van der Waals surface area contributed by atoms with Gasteiger partial charge in [0, 0.05) is 20.6 Å². The Labute approximate surface area is 242 Å². The third-order valence-electron chi connectivity index (χ3n) is 5.24. The number of nitrogens with one attached hydrogen (secondary N) is 3. The monoisotopic (exact) mass is 621 g/mol. The second-order valence-electron chi connectivity index (χ2n) is 8.29. The summed E-state index contributed by atoms with van der Waals surface area (Å²) in [5.74, 6) is -1.04. The van der Waals surface area contributed by atoms with E-state index in [4.69, 9.17) is 0 Å². The van der Waals surface area contributed by atoms with E-state index in [1.807, 2.05) is 49.4 Å². The van der Waals surface area contributed by atoms with Gasteiger partial charge >= 0.3 is 0 Å². The van der Waals surface area contributed by atoms with Crippen molar-refractivity contribution in [2.24, 2.45) is 0 Å². The highest BCUT2D eigenvalue weighted by Gasteiger charge is 2.18. The number of amides is 3. The van der Waals surface area contributed by atoms with Crippen molar-refractivity contribution >= 4 is 73.6 Å². The van der Waals surface area contributed by atoms with Gasteiger partial charge in [0.15, 0.2) is 0 Å². The van der Waals surface area contributed by atoms with Crippen LogP contribution in [0.3, 0.4) is 0 Å². The van der Waals surface area contributed by atoms with E-state index in [9.17, 15) is 14.4 Å². The molecular formula is C28H24BrN5O3S2. The summed E-state index contributed by atoms with van der Waals surface area (Å²) >= 11 is 6.13. The van der Waals surface area contributed by atoms with E-state index in [0.29, 0.717) is 16.4 Å². The van der Waals surface area contributed by atoms with Crippen molar-refractivity contribution in [2.45, 2.75) is 24.0 Å². The van der Waals surface area contributed by atoms with Crippen LogP contribution in [0.15, 0.2) is 93.9 Å². The van der Waals surface area contributed by atoms with Crippen molar-refractivity contribution in [3.8, 4) is 0 Å². The van der Waals surface area contributed by atoms with Crippen molar-refractivity contribution in [1.29, 1.82) is 0 Å². The summed E-state index contributed by atoms with van der Waals surface area (Å²) in [6.07, 6.45) is 1.62. The minimum atomic E-state index is -0.472. The molecule has 0 aliphatic heterocycles. The standard InChI is InChI=1S/C28H24BrN5O3S2/c1-17(25(35)32-28-34-33-18(2)39-28)38-23-13-11-22(12-14-23)30-27(37)24(16-19-7-6-10-21(29)15-19)31-26(36)20-8-4-3-5-9-20/h3-17H,1-2H3,(H,30,37)(H,31,36)(H,32,34,35)/b24-16-. The van der Waals surface area contributed by atoms with Crippen LogP contribution in [0.4, 0.5) is 10.8 Å². The molecule has 4 aromatic rings. The van der Waals surface area contributed by atoms with Gasteiger partial charge in [-0.05, 0) is 74.0 Å². The zero-order chi connectivity index (χ0) is 27.8. The van der Waals surface area contributed by atoms with E-state index < -0.39 is 11.8 Å². The first-order chi connectivity index (χ1) is 18.8. The van der Waals surface area contributed by atoms with Gasteiger partial charge in [0.1, 0.15) is 10.7 Å². The fraction of sp³-hybridized carbons (Fsp3) is 0.107. The molecule has 39 heavy (non-hydrogen) atoms. The molecule has 0 fully saturated rings. The van der Waals surface area contributed by atoms with Gasteiger partial charge in [-0.15, -0.1) is 22.0 Å². The molecule has 0 saturated carbocycles. The van der Waals surface area contributed by atoms with Gasteiger partial charge in [-0.3, -0.25) is 19.7 Å². The van der Waals surface area contributed by atoms with E-state index in [1.165, 1.54) is 23.1 Å². The van der Waals surface area contributed by atoms with E-state index in [0.717, 1.165) is 19.9 Å². The van der Waals surface area contributed by atoms with E-state index in [2.05, 4.69) is 42.1 Å². The number of aryl methyl sites for hydroxylation is 1. The first-order valence-corrected chi connectivity index (χ1v) is 14.3. The maximum atomic E-state index is 13.2. The summed E-state index contributed by atoms with van der Waals surface area (Å²) in [5, 5.41) is 17.0. The molecule has 0 aliphatic rings. The molecule has 3 N–H and O–H groups in total. The maximum Gasteiger partial charge on any atom is 0.272 e. The van der Waals surface area contributed by atoms with Crippen molar-refractivity contribution in [2.75, 3.05) is 10.6 Å². The topological polar surface area (TPSA) is 113 Å². The van der Waals surface area contributed by atoms with Crippen LogP contribution in [0, 0.1) is 6.92 Å². The number of benzene rings is 3. The van der Waals surface area contributed by atoms with Crippen molar-refractivity contribution in [3.63, 3.8) is 0 Å². The molecule has 11 heteroatoms. The molecule has 0 bridgehead atoms. The molecule has 0 saturated heterocycles. The minimum absolute atomic E-state index is 0.0950. The number of rotatable bonds is 9. The summed E-state index contributed by atoms with van der Waals surface area (Å²) in [5.41, 5.74) is 1.81. The van der Waals surface area contributed by atoms with Crippen LogP contribution in [-0.2, 0) is 9.59 Å². The Balaban J connectivity index is 1.43. The lowest BCUT2D eigenvalue weighted by molar-refractivity contribution is -0.115. The molecule has 1 unspecified atom stereocenters. The van der Waals surface area contributed by atoms with Crippen LogP contribution >= 0.6 is 39.0 Å². The van der Waals surface area contributed by atoms with Gasteiger partial charge in [0.2, 0.25) is 11.0 Å². The fourth-order valence-corrected chi connectivity index (χ4v) is 5.21. The Morgan fingerprint density at radius 3 is 2.36 bits per heavy atom. The number of anilines is 2. The number of carbonyl (C=O) groups is 3. The fourth-order valence-electron chi connectivity index (χ4n) is 3.33. The van der Waals surface area contributed by atoms with Gasteiger partial charge in [-0.1, -0.05) is 57.6 Å². The summed E-state index contributed by atoms with van der Waals surface area (Å²) in [4.78, 5) is 39.4. The van der Waals surface area contributed by atoms with Crippen LogP contribution in [0.2, 0.25) is 0 Å².